The predicted molar refractivity (Wildman–Crippen MR) is 173 cm³/mol. The molecule has 0 unspecified atom stereocenters. The van der Waals surface area contributed by atoms with E-state index in [1.165, 1.54) is 61.2 Å². The Balaban J connectivity index is 1.48. The molecule has 6 aromatic carbocycles. The number of rotatable bonds is 2. The molecule has 8 rings (SSSR count). The Bertz CT molecular complexity index is 2040. The van der Waals surface area contributed by atoms with Gasteiger partial charge in [0.1, 0.15) is 0 Å². The van der Waals surface area contributed by atoms with Crippen molar-refractivity contribution in [1.82, 2.24) is 0 Å². The molecular formula is C41H27N. The number of hydrogen-bond acceptors (Lipinski definition) is 1. The van der Waals surface area contributed by atoms with Crippen LogP contribution in [0.1, 0.15) is 44.5 Å². The summed E-state index contributed by atoms with van der Waals surface area (Å²) in [6, 6.07) is 50.7. The lowest BCUT2D eigenvalue weighted by molar-refractivity contribution is 0.767. The lowest BCUT2D eigenvalue weighted by atomic mass is 9.65. The van der Waals surface area contributed by atoms with Crippen LogP contribution >= 0.6 is 0 Å². The first-order chi connectivity index (χ1) is 20.7. The van der Waals surface area contributed by atoms with Crippen LogP contribution in [0.15, 0.2) is 133 Å². The number of hydrogen-bond donors (Lipinski definition) is 0. The molecule has 0 aromatic heterocycles. The molecule has 0 radical (unpaired) electrons. The quantitative estimate of drug-likeness (QED) is 0.217. The smallest absolute Gasteiger partial charge is 0.0991 e. The maximum atomic E-state index is 9.37. The zero-order valence-corrected chi connectivity index (χ0v) is 23.3. The van der Waals surface area contributed by atoms with E-state index >= 15 is 0 Å². The number of fused-ring (bicyclic) bond motifs is 9. The van der Waals surface area contributed by atoms with Crippen molar-refractivity contribution in [3.8, 4) is 39.4 Å². The van der Waals surface area contributed by atoms with Gasteiger partial charge < -0.3 is 0 Å². The highest BCUT2D eigenvalue weighted by Gasteiger charge is 2.48. The van der Waals surface area contributed by atoms with Crippen LogP contribution in [0, 0.1) is 18.3 Å². The average molecular weight is 534 g/mol. The van der Waals surface area contributed by atoms with Gasteiger partial charge in [-0.25, -0.2) is 0 Å². The zero-order chi connectivity index (χ0) is 28.3. The minimum atomic E-state index is -0.495. The highest BCUT2D eigenvalue weighted by Crippen LogP contribution is 2.59. The van der Waals surface area contributed by atoms with Gasteiger partial charge in [0.2, 0.25) is 0 Å². The van der Waals surface area contributed by atoms with E-state index in [-0.39, 0.29) is 0 Å². The van der Waals surface area contributed by atoms with Crippen molar-refractivity contribution < 1.29 is 0 Å². The Morgan fingerprint density at radius 1 is 0.476 bits per heavy atom. The van der Waals surface area contributed by atoms with E-state index < -0.39 is 5.41 Å². The van der Waals surface area contributed by atoms with Gasteiger partial charge in [-0.2, -0.15) is 5.26 Å². The number of nitrogens with zero attached hydrogens (tertiary/aromatic N) is 1. The molecule has 0 heterocycles. The molecule has 6 aromatic rings. The number of nitriles is 1. The fourth-order valence-electron chi connectivity index (χ4n) is 7.04. The lowest BCUT2D eigenvalue weighted by Crippen LogP contribution is -2.30. The van der Waals surface area contributed by atoms with Crippen molar-refractivity contribution in [2.75, 3.05) is 0 Å². The normalized spacial score (nSPS) is 13.4. The van der Waals surface area contributed by atoms with Crippen molar-refractivity contribution in [3.63, 3.8) is 0 Å². The van der Waals surface area contributed by atoms with E-state index in [1.54, 1.807) is 0 Å². The molecule has 0 amide bonds. The molecule has 0 aliphatic heterocycles. The van der Waals surface area contributed by atoms with E-state index in [0.29, 0.717) is 5.56 Å². The van der Waals surface area contributed by atoms with Gasteiger partial charge in [0, 0.05) is 0 Å². The SMILES string of the molecule is Cc1ccc(-c2ccc3c(c2)C2(c4cc(-c5ccc(C#N)cc5)ccc4C=C3)c3ccccc3-c3ccccc32)cc1. The van der Waals surface area contributed by atoms with Crippen LogP contribution in [0.3, 0.4) is 0 Å². The Hall–Kier alpha value is -5.45. The molecule has 0 atom stereocenters. The first-order valence-corrected chi connectivity index (χ1v) is 14.4. The van der Waals surface area contributed by atoms with Gasteiger partial charge >= 0.3 is 0 Å². The average Bonchev–Trinajstić information content (AvgIpc) is 3.26. The van der Waals surface area contributed by atoms with Gasteiger partial charge in [-0.05, 0) is 98.0 Å². The van der Waals surface area contributed by atoms with E-state index in [4.69, 9.17) is 0 Å². The van der Waals surface area contributed by atoms with Crippen molar-refractivity contribution in [3.05, 3.63) is 178 Å². The summed E-state index contributed by atoms with van der Waals surface area (Å²) in [5, 5.41) is 9.37. The van der Waals surface area contributed by atoms with Gasteiger partial charge in [0.15, 0.2) is 0 Å². The predicted octanol–water partition coefficient (Wildman–Crippen LogP) is 10.0. The third-order valence-corrected chi connectivity index (χ3v) is 9.04. The van der Waals surface area contributed by atoms with Crippen LogP contribution in [0.2, 0.25) is 0 Å². The van der Waals surface area contributed by atoms with Crippen molar-refractivity contribution in [2.24, 2.45) is 0 Å². The summed E-state index contributed by atoms with van der Waals surface area (Å²) in [6.45, 7) is 2.13. The second-order valence-electron chi connectivity index (χ2n) is 11.3. The van der Waals surface area contributed by atoms with Crippen molar-refractivity contribution in [1.29, 1.82) is 5.26 Å². The first-order valence-electron chi connectivity index (χ1n) is 14.4. The topological polar surface area (TPSA) is 23.8 Å². The van der Waals surface area contributed by atoms with Crippen LogP contribution in [-0.2, 0) is 5.41 Å². The summed E-state index contributed by atoms with van der Waals surface area (Å²) in [5.41, 5.74) is 16.3. The summed E-state index contributed by atoms with van der Waals surface area (Å²) in [7, 11) is 0. The van der Waals surface area contributed by atoms with E-state index in [2.05, 4.69) is 146 Å². The second kappa shape index (κ2) is 9.30. The molecule has 0 bridgehead atoms. The minimum absolute atomic E-state index is 0.495. The Kier molecular flexibility index (Phi) is 5.39. The third kappa shape index (κ3) is 3.49. The highest BCUT2D eigenvalue weighted by atomic mass is 14.5. The highest BCUT2D eigenvalue weighted by molar-refractivity contribution is 5.92. The zero-order valence-electron chi connectivity index (χ0n) is 23.3. The van der Waals surface area contributed by atoms with Crippen LogP contribution in [-0.4, -0.2) is 0 Å². The molecule has 0 N–H and O–H groups in total. The molecule has 196 valence electrons. The van der Waals surface area contributed by atoms with E-state index in [9.17, 15) is 5.26 Å². The molecule has 2 aliphatic carbocycles. The van der Waals surface area contributed by atoms with Crippen molar-refractivity contribution in [2.45, 2.75) is 12.3 Å². The molecule has 42 heavy (non-hydrogen) atoms. The molecule has 0 saturated carbocycles. The molecule has 0 fully saturated rings. The minimum Gasteiger partial charge on any atom is -0.192 e. The van der Waals surface area contributed by atoms with Gasteiger partial charge in [-0.3, -0.25) is 0 Å². The fourth-order valence-corrected chi connectivity index (χ4v) is 7.04. The second-order valence-corrected chi connectivity index (χ2v) is 11.3. The number of aryl methyl sites for hydroxylation is 1. The molecule has 0 saturated heterocycles. The van der Waals surface area contributed by atoms with Gasteiger partial charge in [0.05, 0.1) is 17.0 Å². The van der Waals surface area contributed by atoms with Crippen molar-refractivity contribution >= 4 is 12.2 Å². The fraction of sp³-hybridized carbons (Fsp3) is 0.0488. The summed E-state index contributed by atoms with van der Waals surface area (Å²) < 4.78 is 0. The van der Waals surface area contributed by atoms with Gasteiger partial charge in [-0.1, -0.05) is 127 Å². The first kappa shape index (κ1) is 24.4. The summed E-state index contributed by atoms with van der Waals surface area (Å²) >= 11 is 0. The monoisotopic (exact) mass is 533 g/mol. The molecular weight excluding hydrogens is 506 g/mol. The largest absolute Gasteiger partial charge is 0.192 e. The Morgan fingerprint density at radius 2 is 0.929 bits per heavy atom. The lowest BCUT2D eigenvalue weighted by Gasteiger charge is -2.36. The molecule has 2 aliphatic rings. The summed E-state index contributed by atoms with van der Waals surface area (Å²) in [4.78, 5) is 0. The van der Waals surface area contributed by atoms with Crippen LogP contribution < -0.4 is 0 Å². The van der Waals surface area contributed by atoms with Crippen LogP contribution in [0.4, 0.5) is 0 Å². The Labute approximate surface area is 246 Å². The maximum absolute atomic E-state index is 9.37. The van der Waals surface area contributed by atoms with Crippen LogP contribution in [0.5, 0.6) is 0 Å². The van der Waals surface area contributed by atoms with Gasteiger partial charge in [0.25, 0.3) is 0 Å². The molecule has 1 nitrogen and oxygen atoms in total. The summed E-state index contributed by atoms with van der Waals surface area (Å²) in [6.07, 6.45) is 4.56. The maximum Gasteiger partial charge on any atom is 0.0991 e. The molecule has 1 heteroatoms. The number of benzene rings is 6. The van der Waals surface area contributed by atoms with Gasteiger partial charge in [-0.15, -0.1) is 0 Å². The van der Waals surface area contributed by atoms with E-state index in [0.717, 1.165) is 11.1 Å². The molecule has 1 spiro atoms. The third-order valence-electron chi connectivity index (χ3n) is 9.04. The standard InChI is InChI=1S/C41H27N/c1-27-10-14-29(15-11-27)33-22-20-31-18-19-32-21-23-34(30-16-12-28(26-42)13-17-30)25-40(32)41(39(31)24-33)37-8-4-2-6-35(37)36-7-3-5-9-38(36)41/h2-25H,1H3. The Morgan fingerprint density at radius 3 is 1.43 bits per heavy atom. The van der Waals surface area contributed by atoms with E-state index in [1.807, 2.05) is 12.1 Å². The summed E-state index contributed by atoms with van der Waals surface area (Å²) in [5.74, 6) is 0. The van der Waals surface area contributed by atoms with Crippen LogP contribution in [0.25, 0.3) is 45.5 Å².